The third-order valence-corrected chi connectivity index (χ3v) is 3.46. The molecule has 0 saturated heterocycles. The number of thiazole rings is 1. The summed E-state index contributed by atoms with van der Waals surface area (Å²) in [6.45, 7) is 3.29. The number of carboxylic acids is 1. The van der Waals surface area contributed by atoms with Crippen molar-refractivity contribution in [3.05, 3.63) is 33.9 Å². The Hall–Kier alpha value is -2.09. The van der Waals surface area contributed by atoms with E-state index < -0.39 is 11.8 Å². The standard InChI is InChI=1S/C11H11FN4O2S/c1-5-8(12)9(14-4-13-5)15-6(2)10-16-7(3-19-10)11(17)18/h3-4,6H,1-2H3,(H,17,18)(H,13,14,15). The molecule has 1 unspecified atom stereocenters. The van der Waals surface area contributed by atoms with Crippen LogP contribution in [0.3, 0.4) is 0 Å². The summed E-state index contributed by atoms with van der Waals surface area (Å²) < 4.78 is 13.7. The van der Waals surface area contributed by atoms with Crippen molar-refractivity contribution in [3.8, 4) is 0 Å². The Morgan fingerprint density at radius 2 is 2.26 bits per heavy atom. The molecule has 100 valence electrons. The summed E-state index contributed by atoms with van der Waals surface area (Å²) in [6.07, 6.45) is 1.26. The molecule has 2 rings (SSSR count). The minimum Gasteiger partial charge on any atom is -0.476 e. The van der Waals surface area contributed by atoms with Gasteiger partial charge in [-0.05, 0) is 13.8 Å². The first kappa shape index (κ1) is 13.3. The zero-order chi connectivity index (χ0) is 14.0. The fourth-order valence-electron chi connectivity index (χ4n) is 1.41. The van der Waals surface area contributed by atoms with Crippen LogP contribution in [0.4, 0.5) is 10.2 Å². The van der Waals surface area contributed by atoms with Crippen molar-refractivity contribution in [3.63, 3.8) is 0 Å². The number of anilines is 1. The Kier molecular flexibility index (Phi) is 3.70. The third-order valence-electron chi connectivity index (χ3n) is 2.43. The summed E-state index contributed by atoms with van der Waals surface area (Å²) >= 11 is 1.19. The molecule has 0 aliphatic rings. The fraction of sp³-hybridized carbons (Fsp3) is 0.273. The van der Waals surface area contributed by atoms with Crippen LogP contribution in [-0.2, 0) is 0 Å². The Balaban J connectivity index is 2.18. The van der Waals surface area contributed by atoms with E-state index >= 15 is 0 Å². The molecule has 0 aliphatic heterocycles. The molecule has 0 fully saturated rings. The topological polar surface area (TPSA) is 88.0 Å². The quantitative estimate of drug-likeness (QED) is 0.894. The fourth-order valence-corrected chi connectivity index (χ4v) is 2.21. The smallest absolute Gasteiger partial charge is 0.355 e. The Morgan fingerprint density at radius 1 is 1.53 bits per heavy atom. The second-order valence-electron chi connectivity index (χ2n) is 3.86. The Morgan fingerprint density at radius 3 is 2.89 bits per heavy atom. The largest absolute Gasteiger partial charge is 0.476 e. The number of nitrogens with one attached hydrogen (secondary N) is 1. The second kappa shape index (κ2) is 5.27. The third kappa shape index (κ3) is 2.84. The molecule has 0 aromatic carbocycles. The number of aryl methyl sites for hydroxylation is 1. The molecule has 0 bridgehead atoms. The van der Waals surface area contributed by atoms with E-state index in [1.807, 2.05) is 0 Å². The van der Waals surface area contributed by atoms with Crippen LogP contribution < -0.4 is 5.32 Å². The van der Waals surface area contributed by atoms with Crippen molar-refractivity contribution in [2.24, 2.45) is 0 Å². The first-order valence-electron chi connectivity index (χ1n) is 5.41. The maximum absolute atomic E-state index is 13.7. The average Bonchev–Trinajstić information content (AvgIpc) is 2.84. The Labute approximate surface area is 112 Å². The van der Waals surface area contributed by atoms with E-state index in [-0.39, 0.29) is 23.2 Å². The average molecular weight is 282 g/mol. The van der Waals surface area contributed by atoms with E-state index in [0.717, 1.165) is 0 Å². The summed E-state index contributed by atoms with van der Waals surface area (Å²) in [6, 6.07) is -0.345. The first-order valence-corrected chi connectivity index (χ1v) is 6.29. The van der Waals surface area contributed by atoms with Crippen LogP contribution in [-0.4, -0.2) is 26.0 Å². The number of carboxylic acid groups (broad SMARTS) is 1. The molecular formula is C11H11FN4O2S. The number of halogens is 1. The van der Waals surface area contributed by atoms with Gasteiger partial charge in [0.05, 0.1) is 11.7 Å². The van der Waals surface area contributed by atoms with Crippen molar-refractivity contribution in [2.75, 3.05) is 5.32 Å². The van der Waals surface area contributed by atoms with Crippen LogP contribution in [0.5, 0.6) is 0 Å². The molecule has 1 atom stereocenters. The van der Waals surface area contributed by atoms with Gasteiger partial charge in [0, 0.05) is 5.38 Å². The highest BCUT2D eigenvalue weighted by Gasteiger charge is 2.16. The molecule has 2 N–H and O–H groups in total. The molecule has 8 heteroatoms. The molecular weight excluding hydrogens is 271 g/mol. The molecule has 19 heavy (non-hydrogen) atoms. The molecule has 0 amide bonds. The SMILES string of the molecule is Cc1ncnc(NC(C)c2nc(C(=O)O)cs2)c1F. The molecule has 2 aromatic heterocycles. The van der Waals surface area contributed by atoms with Crippen LogP contribution in [0.25, 0.3) is 0 Å². The monoisotopic (exact) mass is 282 g/mol. The van der Waals surface area contributed by atoms with E-state index in [4.69, 9.17) is 5.11 Å². The van der Waals surface area contributed by atoms with E-state index in [1.165, 1.54) is 23.0 Å². The zero-order valence-electron chi connectivity index (χ0n) is 10.2. The summed E-state index contributed by atoms with van der Waals surface area (Å²) in [4.78, 5) is 22.2. The van der Waals surface area contributed by atoms with Gasteiger partial charge in [-0.25, -0.2) is 24.1 Å². The van der Waals surface area contributed by atoms with Crippen molar-refractivity contribution in [1.82, 2.24) is 15.0 Å². The van der Waals surface area contributed by atoms with Gasteiger partial charge in [0.2, 0.25) is 0 Å². The lowest BCUT2D eigenvalue weighted by Gasteiger charge is -2.12. The van der Waals surface area contributed by atoms with Crippen molar-refractivity contribution in [2.45, 2.75) is 19.9 Å². The second-order valence-corrected chi connectivity index (χ2v) is 4.75. The van der Waals surface area contributed by atoms with Gasteiger partial charge in [0.25, 0.3) is 0 Å². The summed E-state index contributed by atoms with van der Waals surface area (Å²) in [5, 5.41) is 13.6. The maximum atomic E-state index is 13.7. The highest BCUT2D eigenvalue weighted by atomic mass is 32.1. The number of rotatable bonds is 4. The van der Waals surface area contributed by atoms with Gasteiger partial charge in [0.15, 0.2) is 17.3 Å². The van der Waals surface area contributed by atoms with E-state index in [1.54, 1.807) is 13.8 Å². The number of aromatic carboxylic acids is 1. The normalized spacial score (nSPS) is 12.2. The predicted octanol–water partition coefficient (Wildman–Crippen LogP) is 2.25. The molecule has 0 radical (unpaired) electrons. The minimum atomic E-state index is -1.08. The van der Waals surface area contributed by atoms with Gasteiger partial charge in [0.1, 0.15) is 11.3 Å². The highest BCUT2D eigenvalue weighted by Crippen LogP contribution is 2.23. The van der Waals surface area contributed by atoms with Crippen LogP contribution >= 0.6 is 11.3 Å². The van der Waals surface area contributed by atoms with E-state index in [2.05, 4.69) is 20.3 Å². The van der Waals surface area contributed by atoms with Gasteiger partial charge < -0.3 is 10.4 Å². The van der Waals surface area contributed by atoms with Gasteiger partial charge >= 0.3 is 5.97 Å². The molecule has 2 aromatic rings. The molecule has 0 saturated carbocycles. The van der Waals surface area contributed by atoms with Gasteiger partial charge in [-0.15, -0.1) is 11.3 Å². The summed E-state index contributed by atoms with van der Waals surface area (Å²) in [5.41, 5.74) is 0.225. The number of hydrogen-bond acceptors (Lipinski definition) is 6. The zero-order valence-corrected chi connectivity index (χ0v) is 11.0. The molecule has 0 aliphatic carbocycles. The highest BCUT2D eigenvalue weighted by molar-refractivity contribution is 7.09. The summed E-state index contributed by atoms with van der Waals surface area (Å²) in [7, 11) is 0. The lowest BCUT2D eigenvalue weighted by Crippen LogP contribution is -2.11. The summed E-state index contributed by atoms with van der Waals surface area (Å²) in [5.74, 6) is -1.53. The van der Waals surface area contributed by atoms with Crippen LogP contribution in [0.2, 0.25) is 0 Å². The van der Waals surface area contributed by atoms with Gasteiger partial charge in [-0.1, -0.05) is 0 Å². The lowest BCUT2D eigenvalue weighted by atomic mass is 10.3. The number of carbonyl (C=O) groups is 1. The first-order chi connectivity index (χ1) is 8.99. The molecule has 2 heterocycles. The Bertz CT molecular complexity index is 616. The van der Waals surface area contributed by atoms with Crippen LogP contribution in [0, 0.1) is 12.7 Å². The van der Waals surface area contributed by atoms with E-state index in [9.17, 15) is 9.18 Å². The minimum absolute atomic E-state index is 0.0204. The van der Waals surface area contributed by atoms with Crippen molar-refractivity contribution >= 4 is 23.1 Å². The maximum Gasteiger partial charge on any atom is 0.355 e. The number of aromatic nitrogens is 3. The molecule has 6 nitrogen and oxygen atoms in total. The predicted molar refractivity (Wildman–Crippen MR) is 67.8 cm³/mol. The molecule has 0 spiro atoms. The van der Waals surface area contributed by atoms with E-state index in [0.29, 0.717) is 5.01 Å². The lowest BCUT2D eigenvalue weighted by molar-refractivity contribution is 0.0691. The van der Waals surface area contributed by atoms with Crippen LogP contribution in [0.1, 0.15) is 34.2 Å². The van der Waals surface area contributed by atoms with Crippen molar-refractivity contribution in [1.29, 1.82) is 0 Å². The van der Waals surface area contributed by atoms with Gasteiger partial charge in [-0.2, -0.15) is 0 Å². The van der Waals surface area contributed by atoms with Crippen LogP contribution in [0.15, 0.2) is 11.7 Å². The number of hydrogen-bond donors (Lipinski definition) is 2. The van der Waals surface area contributed by atoms with Gasteiger partial charge in [-0.3, -0.25) is 0 Å². The number of nitrogens with zero attached hydrogens (tertiary/aromatic N) is 3. The van der Waals surface area contributed by atoms with Crippen molar-refractivity contribution < 1.29 is 14.3 Å².